The smallest absolute Gasteiger partial charge is 0.0412 e. The molecule has 34 heavy (non-hydrogen) atoms. The molecule has 0 nitrogen and oxygen atoms in total. The topological polar surface area (TPSA) is 0 Å². The lowest BCUT2D eigenvalue weighted by atomic mass is 9.82. The van der Waals surface area contributed by atoms with Gasteiger partial charge < -0.3 is 0 Å². The minimum atomic E-state index is 1.03. The predicted octanol–water partition coefficient (Wildman–Crippen LogP) is 13.2. The van der Waals surface area contributed by atoms with Gasteiger partial charge >= 0.3 is 0 Å². The van der Waals surface area contributed by atoms with Crippen LogP contribution in [0.2, 0.25) is 0 Å². The van der Waals surface area contributed by atoms with Crippen LogP contribution in [-0.4, -0.2) is 0 Å². The maximum absolute atomic E-state index is 2.35. The highest BCUT2D eigenvalue weighted by atomic mass is 14.2. The Hall–Kier alpha value is 0. The second-order valence-corrected chi connectivity index (χ2v) is 11.8. The van der Waals surface area contributed by atoms with Gasteiger partial charge in [0.05, 0.1) is 0 Å². The van der Waals surface area contributed by atoms with Gasteiger partial charge in [-0.3, -0.25) is 0 Å². The standard InChI is InChI=1S/C34H70/c1-5-9-13-17-19-20-23-27-31-34(29-25-21-15-11-7-3)32-33(28-24-16-12-8-4)30-26-22-18-14-10-6-2/h33-34H,5-32H2,1-4H3. The van der Waals surface area contributed by atoms with Crippen molar-refractivity contribution in [1.82, 2.24) is 0 Å². The summed E-state index contributed by atoms with van der Waals surface area (Å²) in [6, 6.07) is 0. The van der Waals surface area contributed by atoms with Gasteiger partial charge in [0.2, 0.25) is 0 Å². The van der Waals surface area contributed by atoms with Crippen molar-refractivity contribution in [3.8, 4) is 0 Å². The molecule has 0 amide bonds. The second kappa shape index (κ2) is 29.2. The maximum atomic E-state index is 2.35. The minimum Gasteiger partial charge on any atom is -0.0654 e. The quantitative estimate of drug-likeness (QED) is 0.0937. The van der Waals surface area contributed by atoms with Crippen LogP contribution >= 0.6 is 0 Å². The first kappa shape index (κ1) is 34.0. The molecule has 0 aliphatic carbocycles. The van der Waals surface area contributed by atoms with Crippen molar-refractivity contribution in [1.29, 1.82) is 0 Å². The lowest BCUT2D eigenvalue weighted by Crippen LogP contribution is -2.11. The summed E-state index contributed by atoms with van der Waals surface area (Å²) < 4.78 is 0. The van der Waals surface area contributed by atoms with E-state index >= 15 is 0 Å². The Kier molecular flexibility index (Phi) is 29.2. The van der Waals surface area contributed by atoms with E-state index in [1.165, 1.54) is 173 Å². The van der Waals surface area contributed by atoms with E-state index in [4.69, 9.17) is 0 Å². The summed E-state index contributed by atoms with van der Waals surface area (Å²) >= 11 is 0. The molecule has 0 saturated heterocycles. The van der Waals surface area contributed by atoms with Gasteiger partial charge in [0, 0.05) is 0 Å². The molecule has 0 saturated carbocycles. The van der Waals surface area contributed by atoms with Crippen LogP contribution in [0.3, 0.4) is 0 Å². The highest BCUT2D eigenvalue weighted by Crippen LogP contribution is 2.31. The van der Waals surface area contributed by atoms with Crippen molar-refractivity contribution in [3.05, 3.63) is 0 Å². The molecular formula is C34H70. The zero-order valence-electron chi connectivity index (χ0n) is 25.0. The molecule has 0 aliphatic rings. The van der Waals surface area contributed by atoms with Crippen LogP contribution in [0.15, 0.2) is 0 Å². The fourth-order valence-electron chi connectivity index (χ4n) is 5.91. The average molecular weight is 479 g/mol. The SMILES string of the molecule is CCCCCCCCCCC(CCCCCCC)CC(CCCCCC)CCCCCCCC. The first-order valence-corrected chi connectivity index (χ1v) is 16.8. The second-order valence-electron chi connectivity index (χ2n) is 11.8. The van der Waals surface area contributed by atoms with E-state index in [0.29, 0.717) is 0 Å². The van der Waals surface area contributed by atoms with E-state index in [2.05, 4.69) is 27.7 Å². The Bertz CT molecular complexity index is 346. The monoisotopic (exact) mass is 479 g/mol. The van der Waals surface area contributed by atoms with Gasteiger partial charge in [0.15, 0.2) is 0 Å². The van der Waals surface area contributed by atoms with Gasteiger partial charge in [-0.15, -0.1) is 0 Å². The molecule has 2 unspecified atom stereocenters. The van der Waals surface area contributed by atoms with Crippen LogP contribution in [0.1, 0.15) is 207 Å². The van der Waals surface area contributed by atoms with Gasteiger partial charge in [-0.05, 0) is 18.3 Å². The summed E-state index contributed by atoms with van der Waals surface area (Å²) in [5.74, 6) is 2.05. The zero-order valence-corrected chi connectivity index (χ0v) is 25.0. The lowest BCUT2D eigenvalue weighted by Gasteiger charge is -2.24. The molecular weight excluding hydrogens is 408 g/mol. The predicted molar refractivity (Wildman–Crippen MR) is 159 cm³/mol. The van der Waals surface area contributed by atoms with Crippen LogP contribution in [0.5, 0.6) is 0 Å². The van der Waals surface area contributed by atoms with Gasteiger partial charge in [-0.2, -0.15) is 0 Å². The molecule has 206 valence electrons. The molecule has 0 N–H and O–H groups in total. The summed E-state index contributed by atoms with van der Waals surface area (Å²) in [5.41, 5.74) is 0. The summed E-state index contributed by atoms with van der Waals surface area (Å²) in [5, 5.41) is 0. The van der Waals surface area contributed by atoms with E-state index < -0.39 is 0 Å². The van der Waals surface area contributed by atoms with Crippen LogP contribution in [-0.2, 0) is 0 Å². The third-order valence-electron chi connectivity index (χ3n) is 8.28. The van der Waals surface area contributed by atoms with Crippen molar-refractivity contribution >= 4 is 0 Å². The molecule has 0 fully saturated rings. The molecule has 0 heterocycles. The van der Waals surface area contributed by atoms with Gasteiger partial charge in [0.25, 0.3) is 0 Å². The Morgan fingerprint density at radius 1 is 0.265 bits per heavy atom. The van der Waals surface area contributed by atoms with E-state index in [0.717, 1.165) is 11.8 Å². The Morgan fingerprint density at radius 3 is 0.735 bits per heavy atom. The van der Waals surface area contributed by atoms with Gasteiger partial charge in [0.1, 0.15) is 0 Å². The van der Waals surface area contributed by atoms with Gasteiger partial charge in [-0.1, -0.05) is 201 Å². The van der Waals surface area contributed by atoms with Crippen LogP contribution < -0.4 is 0 Å². The molecule has 0 radical (unpaired) electrons. The number of unbranched alkanes of at least 4 members (excludes halogenated alkanes) is 19. The van der Waals surface area contributed by atoms with Crippen molar-refractivity contribution in [2.45, 2.75) is 207 Å². The zero-order chi connectivity index (χ0) is 25.0. The third-order valence-corrected chi connectivity index (χ3v) is 8.28. The fraction of sp³-hybridized carbons (Fsp3) is 1.00. The van der Waals surface area contributed by atoms with E-state index in [1.54, 1.807) is 6.42 Å². The van der Waals surface area contributed by atoms with E-state index in [-0.39, 0.29) is 0 Å². The molecule has 0 spiro atoms. The first-order valence-electron chi connectivity index (χ1n) is 16.8. The number of hydrogen-bond acceptors (Lipinski definition) is 0. The Morgan fingerprint density at radius 2 is 0.471 bits per heavy atom. The van der Waals surface area contributed by atoms with Crippen molar-refractivity contribution in [2.75, 3.05) is 0 Å². The minimum absolute atomic E-state index is 1.03. The average Bonchev–Trinajstić information content (AvgIpc) is 2.84. The first-order chi connectivity index (χ1) is 16.8. The summed E-state index contributed by atoms with van der Waals surface area (Å²) in [6.07, 6.45) is 41.3. The molecule has 0 aliphatic heterocycles. The lowest BCUT2D eigenvalue weighted by molar-refractivity contribution is 0.282. The van der Waals surface area contributed by atoms with Crippen molar-refractivity contribution in [2.24, 2.45) is 11.8 Å². The molecule has 0 rings (SSSR count). The maximum Gasteiger partial charge on any atom is -0.0412 e. The van der Waals surface area contributed by atoms with Crippen LogP contribution in [0, 0.1) is 11.8 Å². The molecule has 0 bridgehead atoms. The summed E-state index contributed by atoms with van der Waals surface area (Å²) in [4.78, 5) is 0. The summed E-state index contributed by atoms with van der Waals surface area (Å²) in [7, 11) is 0. The van der Waals surface area contributed by atoms with Crippen molar-refractivity contribution < 1.29 is 0 Å². The Labute approximate surface area is 219 Å². The molecule has 0 aromatic carbocycles. The Balaban J connectivity index is 4.49. The largest absolute Gasteiger partial charge is 0.0654 e. The van der Waals surface area contributed by atoms with Crippen molar-refractivity contribution in [3.63, 3.8) is 0 Å². The van der Waals surface area contributed by atoms with Crippen LogP contribution in [0.4, 0.5) is 0 Å². The van der Waals surface area contributed by atoms with E-state index in [1.807, 2.05) is 0 Å². The molecule has 2 atom stereocenters. The molecule has 0 heteroatoms. The fourth-order valence-corrected chi connectivity index (χ4v) is 5.91. The number of hydrogen-bond donors (Lipinski definition) is 0. The van der Waals surface area contributed by atoms with Crippen LogP contribution in [0.25, 0.3) is 0 Å². The number of rotatable bonds is 29. The molecule has 0 aromatic rings. The highest BCUT2D eigenvalue weighted by molar-refractivity contribution is 4.69. The third kappa shape index (κ3) is 25.1. The van der Waals surface area contributed by atoms with E-state index in [9.17, 15) is 0 Å². The highest BCUT2D eigenvalue weighted by Gasteiger charge is 2.16. The normalized spacial score (nSPS) is 13.4. The molecule has 0 aromatic heterocycles. The van der Waals surface area contributed by atoms with Gasteiger partial charge in [-0.25, -0.2) is 0 Å². The summed E-state index contributed by atoms with van der Waals surface area (Å²) in [6.45, 7) is 9.36.